The number of hydrogen-bond donors (Lipinski definition) is 3. The number of amides is 2. The van der Waals surface area contributed by atoms with Gasteiger partial charge in [0, 0.05) is 18.8 Å². The van der Waals surface area contributed by atoms with Gasteiger partial charge in [-0.1, -0.05) is 0 Å². The van der Waals surface area contributed by atoms with Gasteiger partial charge in [0.1, 0.15) is 0 Å². The second-order valence-corrected chi connectivity index (χ2v) is 5.79. The molecular formula is C15H18N8O2. The van der Waals surface area contributed by atoms with Gasteiger partial charge in [0.25, 0.3) is 11.8 Å². The molecule has 3 aromatic rings. The third kappa shape index (κ3) is 2.93. The minimum Gasteiger partial charge on any atom is -0.354 e. The van der Waals surface area contributed by atoms with Crippen LogP contribution in [0.4, 0.5) is 5.82 Å². The van der Waals surface area contributed by atoms with E-state index in [0.29, 0.717) is 22.3 Å². The molecule has 0 aliphatic heterocycles. The molecule has 3 heterocycles. The van der Waals surface area contributed by atoms with E-state index in [1.807, 2.05) is 13.8 Å². The normalized spacial score (nSPS) is 11.1. The van der Waals surface area contributed by atoms with Gasteiger partial charge in [-0.15, -0.1) is 10.2 Å². The van der Waals surface area contributed by atoms with Crippen molar-refractivity contribution in [2.45, 2.75) is 26.8 Å². The molecule has 0 fully saturated rings. The van der Waals surface area contributed by atoms with E-state index >= 15 is 0 Å². The smallest absolute Gasteiger partial charge is 0.275 e. The van der Waals surface area contributed by atoms with Gasteiger partial charge in [-0.25, -0.2) is 9.67 Å². The van der Waals surface area contributed by atoms with Crippen LogP contribution in [0.3, 0.4) is 0 Å². The van der Waals surface area contributed by atoms with Crippen LogP contribution in [0.2, 0.25) is 0 Å². The van der Waals surface area contributed by atoms with Crippen LogP contribution in [-0.2, 0) is 0 Å². The van der Waals surface area contributed by atoms with E-state index in [1.54, 1.807) is 23.9 Å². The molecule has 0 saturated heterocycles. The Hall–Kier alpha value is -3.30. The third-order valence-electron chi connectivity index (χ3n) is 3.65. The standard InChI is InChI=1S/C15H18N8O2/c1-7(2)23-13-10(6-17-23)9(5-8(3)18-13)14(24)19-12-11(15(25)16-4)20-22-21-12/h5-7H,1-4H3,(H,16,25)(H2,19,20,21,22,24). The number of hydrogen-bond acceptors (Lipinski definition) is 6. The van der Waals surface area contributed by atoms with Gasteiger partial charge in [-0.3, -0.25) is 9.59 Å². The number of rotatable bonds is 4. The van der Waals surface area contributed by atoms with Crippen LogP contribution >= 0.6 is 0 Å². The Morgan fingerprint density at radius 1 is 1.24 bits per heavy atom. The number of aromatic amines is 1. The molecule has 0 aliphatic carbocycles. The molecule has 10 nitrogen and oxygen atoms in total. The van der Waals surface area contributed by atoms with Gasteiger partial charge < -0.3 is 10.6 Å². The molecule has 0 aliphatic rings. The van der Waals surface area contributed by atoms with Crippen LogP contribution in [0.5, 0.6) is 0 Å². The van der Waals surface area contributed by atoms with Gasteiger partial charge in [0.15, 0.2) is 17.2 Å². The molecule has 0 saturated carbocycles. The summed E-state index contributed by atoms with van der Waals surface area (Å²) < 4.78 is 1.76. The molecule has 0 atom stereocenters. The van der Waals surface area contributed by atoms with E-state index in [1.165, 1.54) is 7.05 Å². The molecule has 0 unspecified atom stereocenters. The van der Waals surface area contributed by atoms with E-state index in [9.17, 15) is 9.59 Å². The van der Waals surface area contributed by atoms with Crippen molar-refractivity contribution in [3.8, 4) is 0 Å². The van der Waals surface area contributed by atoms with Crippen molar-refractivity contribution in [2.24, 2.45) is 0 Å². The summed E-state index contributed by atoms with van der Waals surface area (Å²) in [4.78, 5) is 29.0. The lowest BCUT2D eigenvalue weighted by Gasteiger charge is -2.09. The number of aryl methyl sites for hydroxylation is 1. The Kier molecular flexibility index (Phi) is 4.17. The summed E-state index contributed by atoms with van der Waals surface area (Å²) >= 11 is 0. The Morgan fingerprint density at radius 3 is 2.68 bits per heavy atom. The van der Waals surface area contributed by atoms with Gasteiger partial charge in [0.2, 0.25) is 0 Å². The molecule has 25 heavy (non-hydrogen) atoms. The molecule has 0 aromatic carbocycles. The summed E-state index contributed by atoms with van der Waals surface area (Å²) in [5, 5.41) is 19.9. The van der Waals surface area contributed by atoms with Crippen molar-refractivity contribution < 1.29 is 9.59 Å². The first kappa shape index (κ1) is 16.6. The number of carbonyl (C=O) groups excluding carboxylic acids is 2. The average molecular weight is 342 g/mol. The highest BCUT2D eigenvalue weighted by Gasteiger charge is 2.21. The first-order valence-electron chi connectivity index (χ1n) is 7.71. The number of anilines is 1. The van der Waals surface area contributed by atoms with Gasteiger partial charge in [0.05, 0.1) is 17.1 Å². The number of nitrogens with one attached hydrogen (secondary N) is 3. The third-order valence-corrected chi connectivity index (χ3v) is 3.65. The lowest BCUT2D eigenvalue weighted by Crippen LogP contribution is -2.22. The van der Waals surface area contributed by atoms with E-state index in [4.69, 9.17) is 0 Å². The summed E-state index contributed by atoms with van der Waals surface area (Å²) in [6.07, 6.45) is 1.61. The molecule has 10 heteroatoms. The predicted octanol–water partition coefficient (Wildman–Crippen LogP) is 1.05. The first-order valence-corrected chi connectivity index (χ1v) is 7.71. The summed E-state index contributed by atoms with van der Waals surface area (Å²) in [7, 11) is 1.47. The maximum absolute atomic E-state index is 12.7. The van der Waals surface area contributed by atoms with Gasteiger partial charge in [-0.05, 0) is 26.8 Å². The number of pyridine rings is 1. The van der Waals surface area contributed by atoms with Crippen LogP contribution in [0.1, 0.15) is 46.4 Å². The molecule has 3 rings (SSSR count). The summed E-state index contributed by atoms with van der Waals surface area (Å²) in [5.41, 5.74) is 1.73. The highest BCUT2D eigenvalue weighted by Crippen LogP contribution is 2.22. The van der Waals surface area contributed by atoms with Crippen LogP contribution in [0, 0.1) is 6.92 Å². The largest absolute Gasteiger partial charge is 0.354 e. The fraction of sp³-hybridized carbons (Fsp3) is 0.333. The van der Waals surface area contributed by atoms with Crippen molar-refractivity contribution in [3.05, 3.63) is 29.2 Å². The number of carbonyl (C=O) groups is 2. The highest BCUT2D eigenvalue weighted by atomic mass is 16.2. The first-order chi connectivity index (χ1) is 11.9. The van der Waals surface area contributed by atoms with Gasteiger partial charge in [-0.2, -0.15) is 10.3 Å². The zero-order valence-corrected chi connectivity index (χ0v) is 14.3. The fourth-order valence-electron chi connectivity index (χ4n) is 2.48. The Balaban J connectivity index is 2.01. The lowest BCUT2D eigenvalue weighted by atomic mass is 10.1. The molecular weight excluding hydrogens is 324 g/mol. The monoisotopic (exact) mass is 342 g/mol. The Morgan fingerprint density at radius 2 is 2.00 bits per heavy atom. The average Bonchev–Trinajstić information content (AvgIpc) is 3.19. The number of H-pyrrole nitrogens is 1. The quantitative estimate of drug-likeness (QED) is 0.649. The van der Waals surface area contributed by atoms with E-state index < -0.39 is 11.8 Å². The fourth-order valence-corrected chi connectivity index (χ4v) is 2.48. The van der Waals surface area contributed by atoms with Crippen molar-refractivity contribution in [3.63, 3.8) is 0 Å². The molecule has 0 radical (unpaired) electrons. The second-order valence-electron chi connectivity index (χ2n) is 5.79. The Labute approximate surface area is 143 Å². The number of fused-ring (bicyclic) bond motifs is 1. The second kappa shape index (κ2) is 6.30. The van der Waals surface area contributed by atoms with Crippen molar-refractivity contribution in [2.75, 3.05) is 12.4 Å². The summed E-state index contributed by atoms with van der Waals surface area (Å²) in [6.45, 7) is 5.78. The lowest BCUT2D eigenvalue weighted by molar-refractivity contribution is 0.0959. The molecule has 2 amide bonds. The molecule has 0 bridgehead atoms. The maximum Gasteiger partial charge on any atom is 0.275 e. The van der Waals surface area contributed by atoms with E-state index in [0.717, 1.165) is 0 Å². The van der Waals surface area contributed by atoms with E-state index in [2.05, 4.69) is 36.1 Å². The Bertz CT molecular complexity index is 956. The van der Waals surface area contributed by atoms with Crippen molar-refractivity contribution in [1.29, 1.82) is 0 Å². The predicted molar refractivity (Wildman–Crippen MR) is 90.4 cm³/mol. The van der Waals surface area contributed by atoms with Crippen molar-refractivity contribution in [1.82, 2.24) is 35.5 Å². The van der Waals surface area contributed by atoms with Crippen LogP contribution in [0.25, 0.3) is 11.0 Å². The van der Waals surface area contributed by atoms with Crippen molar-refractivity contribution >= 4 is 28.7 Å². The zero-order valence-electron chi connectivity index (χ0n) is 14.3. The van der Waals surface area contributed by atoms with Crippen LogP contribution in [-0.4, -0.2) is 49.0 Å². The molecule has 0 spiro atoms. The van der Waals surface area contributed by atoms with Crippen LogP contribution < -0.4 is 10.6 Å². The highest BCUT2D eigenvalue weighted by molar-refractivity contribution is 6.13. The van der Waals surface area contributed by atoms with Gasteiger partial charge >= 0.3 is 0 Å². The number of nitrogens with zero attached hydrogens (tertiary/aromatic N) is 5. The minimum atomic E-state index is -0.451. The van der Waals surface area contributed by atoms with E-state index in [-0.39, 0.29) is 17.6 Å². The zero-order chi connectivity index (χ0) is 18.1. The minimum absolute atomic E-state index is 0.00995. The van der Waals surface area contributed by atoms with Crippen LogP contribution in [0.15, 0.2) is 12.3 Å². The topological polar surface area (TPSA) is 130 Å². The maximum atomic E-state index is 12.7. The summed E-state index contributed by atoms with van der Waals surface area (Å²) in [6, 6.07) is 1.78. The molecule has 3 N–H and O–H groups in total. The molecule has 130 valence electrons. The summed E-state index contributed by atoms with van der Waals surface area (Å²) in [5.74, 6) is -0.811. The SMILES string of the molecule is CNC(=O)c1n[nH]nc1NC(=O)c1cc(C)nc2c1cnn2C(C)C. The molecule has 3 aromatic heterocycles. The number of aromatic nitrogens is 6.